The molecule has 0 spiro atoms. The van der Waals surface area contributed by atoms with Crippen LogP contribution >= 0.6 is 0 Å². The van der Waals surface area contributed by atoms with Crippen molar-refractivity contribution in [2.24, 2.45) is 7.05 Å². The van der Waals surface area contributed by atoms with Crippen LogP contribution in [-0.4, -0.2) is 51.1 Å². The summed E-state index contributed by atoms with van der Waals surface area (Å²) in [4.78, 5) is 16.4. The van der Waals surface area contributed by atoms with E-state index in [1.165, 1.54) is 21.1 Å². The van der Waals surface area contributed by atoms with Crippen LogP contribution in [0.3, 0.4) is 0 Å². The Bertz CT molecular complexity index is 1370. The Morgan fingerprint density at radius 3 is 2.59 bits per heavy atom. The lowest BCUT2D eigenvalue weighted by atomic mass is 10.2. The molecule has 0 bridgehead atoms. The minimum atomic E-state index is -4.51. The summed E-state index contributed by atoms with van der Waals surface area (Å²) >= 11 is 0. The first kappa shape index (κ1) is 24.0. The van der Waals surface area contributed by atoms with Crippen LogP contribution in [0, 0.1) is 6.92 Å². The number of rotatable bonds is 5. The number of nitrogens with zero attached hydrogens (tertiary/aromatic N) is 5. The van der Waals surface area contributed by atoms with Gasteiger partial charge in [-0.1, -0.05) is 6.42 Å². The van der Waals surface area contributed by atoms with Gasteiger partial charge in [-0.25, -0.2) is 9.71 Å². The third-order valence-corrected chi connectivity index (χ3v) is 7.11. The van der Waals surface area contributed by atoms with E-state index in [1.807, 2.05) is 4.72 Å². The van der Waals surface area contributed by atoms with E-state index in [-0.39, 0.29) is 11.0 Å². The normalized spacial score (nSPS) is 15.9. The third kappa shape index (κ3) is 4.71. The number of amides is 1. The molecule has 0 saturated carbocycles. The second-order valence-electron chi connectivity index (χ2n) is 8.03. The molecule has 34 heavy (non-hydrogen) atoms. The van der Waals surface area contributed by atoms with Crippen molar-refractivity contribution >= 4 is 33.2 Å². The molecular weight excluding hydrogens is 473 g/mol. The summed E-state index contributed by atoms with van der Waals surface area (Å²) in [5.41, 5.74) is 0.454. The second-order valence-corrected chi connectivity index (χ2v) is 9.70. The number of halogens is 3. The SMILES string of the molecule is Cc1nn(C)c(-n2ccc3cc(C(F)(F)F)cnc32)c1/C=C/C(=O)NS(=O)(=O)N1CCCCC1. The van der Waals surface area contributed by atoms with Gasteiger partial charge >= 0.3 is 16.4 Å². The van der Waals surface area contributed by atoms with Crippen LogP contribution in [0.15, 0.2) is 30.6 Å². The molecule has 4 heterocycles. The fourth-order valence-electron chi connectivity index (χ4n) is 3.98. The predicted octanol–water partition coefficient (Wildman–Crippen LogP) is 2.95. The van der Waals surface area contributed by atoms with Gasteiger partial charge in [0.15, 0.2) is 0 Å². The van der Waals surface area contributed by atoms with Crippen LogP contribution in [-0.2, 0) is 28.2 Å². The molecule has 3 aromatic heterocycles. The Labute approximate surface area is 194 Å². The smallest absolute Gasteiger partial charge is 0.285 e. The molecule has 0 atom stereocenters. The predicted molar refractivity (Wildman–Crippen MR) is 119 cm³/mol. The summed E-state index contributed by atoms with van der Waals surface area (Å²) in [6.45, 7) is 2.43. The van der Waals surface area contributed by atoms with Crippen molar-refractivity contribution in [2.75, 3.05) is 13.1 Å². The number of carbonyl (C=O) groups excluding carboxylic acids is 1. The van der Waals surface area contributed by atoms with Gasteiger partial charge in [-0.2, -0.15) is 31.0 Å². The molecule has 1 N–H and O–H groups in total. The first-order chi connectivity index (χ1) is 16.0. The first-order valence-corrected chi connectivity index (χ1v) is 12.0. The average Bonchev–Trinajstić information content (AvgIpc) is 3.30. The van der Waals surface area contributed by atoms with Crippen molar-refractivity contribution in [1.82, 2.24) is 28.4 Å². The first-order valence-electron chi connectivity index (χ1n) is 10.6. The highest BCUT2D eigenvalue weighted by Crippen LogP contribution is 2.32. The van der Waals surface area contributed by atoms with Crippen LogP contribution < -0.4 is 4.72 Å². The van der Waals surface area contributed by atoms with E-state index in [4.69, 9.17) is 0 Å². The summed E-state index contributed by atoms with van der Waals surface area (Å²) in [5.74, 6) is -0.354. The number of alkyl halides is 3. The maximum Gasteiger partial charge on any atom is 0.417 e. The molecule has 1 amide bonds. The maximum atomic E-state index is 13.0. The highest BCUT2D eigenvalue weighted by molar-refractivity contribution is 7.87. The van der Waals surface area contributed by atoms with E-state index in [9.17, 15) is 26.4 Å². The van der Waals surface area contributed by atoms with Crippen LogP contribution in [0.4, 0.5) is 13.2 Å². The van der Waals surface area contributed by atoms with Gasteiger partial charge in [0.25, 0.3) is 5.91 Å². The lowest BCUT2D eigenvalue weighted by Gasteiger charge is -2.25. The van der Waals surface area contributed by atoms with Gasteiger partial charge in [0.05, 0.1) is 11.3 Å². The molecule has 182 valence electrons. The van der Waals surface area contributed by atoms with Gasteiger partial charge in [0.1, 0.15) is 11.5 Å². The van der Waals surface area contributed by atoms with Crippen molar-refractivity contribution < 1.29 is 26.4 Å². The number of hydrogen-bond donors (Lipinski definition) is 1. The van der Waals surface area contributed by atoms with Gasteiger partial charge in [-0.3, -0.25) is 14.0 Å². The van der Waals surface area contributed by atoms with Gasteiger partial charge in [0.2, 0.25) is 0 Å². The highest BCUT2D eigenvalue weighted by atomic mass is 32.2. The molecule has 9 nitrogen and oxygen atoms in total. The average molecular weight is 497 g/mol. The van der Waals surface area contributed by atoms with Crippen molar-refractivity contribution in [3.63, 3.8) is 0 Å². The van der Waals surface area contributed by atoms with Crippen molar-refractivity contribution in [2.45, 2.75) is 32.4 Å². The molecular formula is C21H23F3N6O3S. The summed E-state index contributed by atoms with van der Waals surface area (Å²) in [6.07, 6.45) is 2.76. The summed E-state index contributed by atoms with van der Waals surface area (Å²) in [7, 11) is -2.29. The molecule has 4 rings (SSSR count). The number of pyridine rings is 1. The zero-order valence-electron chi connectivity index (χ0n) is 18.5. The summed E-state index contributed by atoms with van der Waals surface area (Å²) < 4.78 is 70.3. The zero-order valence-corrected chi connectivity index (χ0v) is 19.3. The largest absolute Gasteiger partial charge is 0.417 e. The minimum Gasteiger partial charge on any atom is -0.285 e. The van der Waals surface area contributed by atoms with Crippen molar-refractivity contribution in [3.05, 3.63) is 47.4 Å². The molecule has 0 aliphatic carbocycles. The monoisotopic (exact) mass is 496 g/mol. The molecule has 1 aliphatic rings. The fourth-order valence-corrected chi connectivity index (χ4v) is 5.17. The van der Waals surface area contributed by atoms with E-state index in [0.717, 1.165) is 37.6 Å². The topological polar surface area (TPSA) is 102 Å². The number of fused-ring (bicyclic) bond motifs is 1. The number of hydrogen-bond acceptors (Lipinski definition) is 5. The van der Waals surface area contributed by atoms with E-state index >= 15 is 0 Å². The number of carbonyl (C=O) groups is 1. The van der Waals surface area contributed by atoms with Crippen molar-refractivity contribution in [1.29, 1.82) is 0 Å². The Hall–Kier alpha value is -3.19. The minimum absolute atomic E-state index is 0.280. The molecule has 0 unspecified atom stereocenters. The van der Waals surface area contributed by atoms with Crippen LogP contribution in [0.1, 0.15) is 36.1 Å². The van der Waals surface area contributed by atoms with E-state index in [0.29, 0.717) is 30.2 Å². The maximum absolute atomic E-state index is 13.0. The standard InChI is InChI=1S/C21H23F3N6O3S/c1-14-17(6-7-18(31)27-34(32,33)29-9-4-3-5-10-29)20(28(2)26-14)30-11-8-15-12-16(21(22,23)24)13-25-19(15)30/h6-8,11-13H,3-5,9-10H2,1-2H3,(H,27,31)/b7-6+. The van der Waals surface area contributed by atoms with Crippen LogP contribution in [0.25, 0.3) is 22.9 Å². The Morgan fingerprint density at radius 1 is 1.21 bits per heavy atom. The molecule has 1 aliphatic heterocycles. The molecule has 3 aromatic rings. The van der Waals surface area contributed by atoms with Crippen LogP contribution in [0.2, 0.25) is 0 Å². The zero-order chi connectivity index (χ0) is 24.7. The Kier molecular flexibility index (Phi) is 6.25. The Morgan fingerprint density at radius 2 is 1.91 bits per heavy atom. The molecule has 13 heteroatoms. The number of aryl methyl sites for hydroxylation is 2. The van der Waals surface area contributed by atoms with Gasteiger partial charge in [-0.05, 0) is 38.0 Å². The van der Waals surface area contributed by atoms with Gasteiger partial charge in [0, 0.05) is 49.6 Å². The number of piperidine rings is 1. The number of aromatic nitrogens is 4. The Balaban J connectivity index is 1.63. The lowest BCUT2D eigenvalue weighted by molar-refractivity contribution is -0.137. The van der Waals surface area contributed by atoms with E-state index in [1.54, 1.807) is 24.7 Å². The van der Waals surface area contributed by atoms with E-state index in [2.05, 4.69) is 10.1 Å². The summed E-state index contributed by atoms with van der Waals surface area (Å²) in [5, 5.41) is 4.62. The second kappa shape index (κ2) is 8.87. The van der Waals surface area contributed by atoms with E-state index < -0.39 is 27.9 Å². The highest BCUT2D eigenvalue weighted by Gasteiger charge is 2.31. The van der Waals surface area contributed by atoms with Crippen LogP contribution in [0.5, 0.6) is 0 Å². The fraction of sp³-hybridized carbons (Fsp3) is 0.381. The lowest BCUT2D eigenvalue weighted by Crippen LogP contribution is -2.45. The van der Waals surface area contributed by atoms with Gasteiger partial charge < -0.3 is 0 Å². The molecule has 0 aromatic carbocycles. The van der Waals surface area contributed by atoms with Crippen molar-refractivity contribution in [3.8, 4) is 5.82 Å². The molecule has 0 radical (unpaired) electrons. The molecule has 1 saturated heterocycles. The number of nitrogens with one attached hydrogen (secondary N) is 1. The van der Waals surface area contributed by atoms with Gasteiger partial charge in [-0.15, -0.1) is 0 Å². The third-order valence-electron chi connectivity index (χ3n) is 5.61. The quantitative estimate of drug-likeness (QED) is 0.548. The molecule has 1 fully saturated rings. The summed E-state index contributed by atoms with van der Waals surface area (Å²) in [6, 6.07) is 2.52.